The lowest BCUT2D eigenvalue weighted by Crippen LogP contribution is -2.48. The highest BCUT2D eigenvalue weighted by Gasteiger charge is 2.29. The Balaban J connectivity index is 1.63. The molecule has 6 nitrogen and oxygen atoms in total. The lowest BCUT2D eigenvalue weighted by Gasteiger charge is -2.36. The summed E-state index contributed by atoms with van der Waals surface area (Å²) in [7, 11) is 0. The van der Waals surface area contributed by atoms with Crippen molar-refractivity contribution in [1.82, 2.24) is 15.2 Å². The Labute approximate surface area is 134 Å². The number of rotatable bonds is 2. The van der Waals surface area contributed by atoms with Crippen molar-refractivity contribution in [1.29, 1.82) is 0 Å². The average molecular weight is 311 g/mol. The van der Waals surface area contributed by atoms with E-state index in [-0.39, 0.29) is 18.7 Å². The first-order valence-electron chi connectivity index (χ1n) is 7.64. The number of carbonyl (C=O) groups is 1. The Bertz CT molecular complexity index is 720. The maximum Gasteiger partial charge on any atom is 0.254 e. The van der Waals surface area contributed by atoms with Gasteiger partial charge in [-0.3, -0.25) is 9.78 Å². The third-order valence-electron chi connectivity index (χ3n) is 4.19. The summed E-state index contributed by atoms with van der Waals surface area (Å²) in [4.78, 5) is 19.0. The molecule has 1 N–H and O–H groups in total. The van der Waals surface area contributed by atoms with Gasteiger partial charge < -0.3 is 19.7 Å². The van der Waals surface area contributed by atoms with E-state index in [4.69, 9.17) is 9.47 Å². The van der Waals surface area contributed by atoms with Crippen LogP contribution in [0.1, 0.15) is 22.0 Å². The molecular formula is C17H17N3O3. The van der Waals surface area contributed by atoms with E-state index in [1.807, 2.05) is 23.2 Å². The van der Waals surface area contributed by atoms with Crippen LogP contribution in [0.4, 0.5) is 0 Å². The molecule has 1 saturated heterocycles. The van der Waals surface area contributed by atoms with Crippen molar-refractivity contribution >= 4 is 5.91 Å². The molecule has 0 spiro atoms. The van der Waals surface area contributed by atoms with E-state index in [0.29, 0.717) is 23.6 Å². The van der Waals surface area contributed by atoms with Crippen LogP contribution in [-0.4, -0.2) is 42.2 Å². The summed E-state index contributed by atoms with van der Waals surface area (Å²) < 4.78 is 10.7. The molecule has 0 radical (unpaired) electrons. The van der Waals surface area contributed by atoms with E-state index in [0.717, 1.165) is 18.7 Å². The standard InChI is InChI=1S/C17H17N3O3/c21-17(12-3-4-15-16(8-12)23-11-22-15)20-7-6-19-10-14(20)13-2-1-5-18-9-13/h1-5,8-9,14,19H,6-7,10-11H2. The lowest BCUT2D eigenvalue weighted by molar-refractivity contribution is 0.0633. The molecule has 2 aromatic rings. The monoisotopic (exact) mass is 311 g/mol. The number of amides is 1. The van der Waals surface area contributed by atoms with Crippen molar-refractivity contribution in [2.45, 2.75) is 6.04 Å². The van der Waals surface area contributed by atoms with Gasteiger partial charge in [-0.1, -0.05) is 6.07 Å². The highest BCUT2D eigenvalue weighted by molar-refractivity contribution is 5.95. The molecule has 118 valence electrons. The summed E-state index contributed by atoms with van der Waals surface area (Å²) in [5.41, 5.74) is 1.65. The maximum absolute atomic E-state index is 13.0. The van der Waals surface area contributed by atoms with Crippen LogP contribution < -0.4 is 14.8 Å². The molecule has 2 aliphatic heterocycles. The molecule has 0 aliphatic carbocycles. The Morgan fingerprint density at radius 3 is 3.04 bits per heavy atom. The first-order valence-corrected chi connectivity index (χ1v) is 7.64. The van der Waals surface area contributed by atoms with Crippen molar-refractivity contribution in [3.05, 3.63) is 53.9 Å². The van der Waals surface area contributed by atoms with Crippen molar-refractivity contribution in [2.24, 2.45) is 0 Å². The van der Waals surface area contributed by atoms with Crippen LogP contribution in [0, 0.1) is 0 Å². The van der Waals surface area contributed by atoms with Crippen LogP contribution >= 0.6 is 0 Å². The van der Waals surface area contributed by atoms with Crippen LogP contribution in [0.3, 0.4) is 0 Å². The number of hydrogen-bond acceptors (Lipinski definition) is 5. The predicted molar refractivity (Wildman–Crippen MR) is 83.4 cm³/mol. The molecule has 0 saturated carbocycles. The zero-order valence-electron chi connectivity index (χ0n) is 12.6. The fraction of sp³-hybridized carbons (Fsp3) is 0.294. The normalized spacial score (nSPS) is 19.7. The van der Waals surface area contributed by atoms with Crippen molar-refractivity contribution in [3.63, 3.8) is 0 Å². The zero-order valence-corrected chi connectivity index (χ0v) is 12.6. The largest absolute Gasteiger partial charge is 0.454 e. The summed E-state index contributed by atoms with van der Waals surface area (Å²) in [6.07, 6.45) is 3.56. The van der Waals surface area contributed by atoms with Gasteiger partial charge in [0.15, 0.2) is 11.5 Å². The van der Waals surface area contributed by atoms with Gasteiger partial charge in [0.1, 0.15) is 0 Å². The van der Waals surface area contributed by atoms with E-state index >= 15 is 0 Å². The van der Waals surface area contributed by atoms with Crippen molar-refractivity contribution in [3.8, 4) is 11.5 Å². The van der Waals surface area contributed by atoms with Crippen LogP contribution in [-0.2, 0) is 0 Å². The van der Waals surface area contributed by atoms with E-state index in [9.17, 15) is 4.79 Å². The number of piperazine rings is 1. The van der Waals surface area contributed by atoms with Gasteiger partial charge in [0.05, 0.1) is 6.04 Å². The molecule has 1 amide bonds. The molecular weight excluding hydrogens is 294 g/mol. The number of nitrogens with one attached hydrogen (secondary N) is 1. The second kappa shape index (κ2) is 5.89. The molecule has 0 bridgehead atoms. The van der Waals surface area contributed by atoms with Gasteiger partial charge in [0.2, 0.25) is 6.79 Å². The summed E-state index contributed by atoms with van der Waals surface area (Å²) in [6.45, 7) is 2.38. The number of nitrogens with zero attached hydrogens (tertiary/aromatic N) is 2. The number of carbonyl (C=O) groups excluding carboxylic acids is 1. The molecule has 2 aliphatic rings. The number of ether oxygens (including phenoxy) is 2. The van der Waals surface area contributed by atoms with Crippen LogP contribution in [0.25, 0.3) is 0 Å². The molecule has 1 unspecified atom stereocenters. The van der Waals surface area contributed by atoms with Gasteiger partial charge in [-0.25, -0.2) is 0 Å². The van der Waals surface area contributed by atoms with E-state index in [2.05, 4.69) is 10.3 Å². The fourth-order valence-electron chi connectivity index (χ4n) is 3.01. The van der Waals surface area contributed by atoms with E-state index < -0.39 is 0 Å². The van der Waals surface area contributed by atoms with Crippen molar-refractivity contribution < 1.29 is 14.3 Å². The molecule has 1 aromatic carbocycles. The molecule has 23 heavy (non-hydrogen) atoms. The SMILES string of the molecule is O=C(c1ccc2c(c1)OCO2)N1CCNCC1c1cccnc1. The first kappa shape index (κ1) is 14.0. The third-order valence-corrected chi connectivity index (χ3v) is 4.19. The van der Waals surface area contributed by atoms with Gasteiger partial charge in [0, 0.05) is 37.6 Å². The van der Waals surface area contributed by atoms with Gasteiger partial charge in [-0.05, 0) is 29.8 Å². The Kier molecular flexibility index (Phi) is 3.59. The Morgan fingerprint density at radius 2 is 2.17 bits per heavy atom. The topological polar surface area (TPSA) is 63.7 Å². The van der Waals surface area contributed by atoms with Gasteiger partial charge in [-0.15, -0.1) is 0 Å². The highest BCUT2D eigenvalue weighted by Crippen LogP contribution is 2.33. The van der Waals surface area contributed by atoms with Gasteiger partial charge >= 0.3 is 0 Å². The summed E-state index contributed by atoms with van der Waals surface area (Å²) >= 11 is 0. The van der Waals surface area contributed by atoms with E-state index in [1.54, 1.807) is 24.4 Å². The number of fused-ring (bicyclic) bond motifs is 1. The molecule has 1 aromatic heterocycles. The molecule has 3 heterocycles. The zero-order chi connectivity index (χ0) is 15.6. The van der Waals surface area contributed by atoms with Crippen LogP contribution in [0.2, 0.25) is 0 Å². The quantitative estimate of drug-likeness (QED) is 0.912. The van der Waals surface area contributed by atoms with E-state index in [1.165, 1.54) is 0 Å². The minimum atomic E-state index is -0.0182. The fourth-order valence-corrected chi connectivity index (χ4v) is 3.01. The maximum atomic E-state index is 13.0. The number of benzene rings is 1. The Hall–Kier alpha value is -2.60. The average Bonchev–Trinajstić information content (AvgIpc) is 3.09. The molecule has 4 rings (SSSR count). The highest BCUT2D eigenvalue weighted by atomic mass is 16.7. The number of aromatic nitrogens is 1. The predicted octanol–water partition coefficient (Wildman–Crippen LogP) is 1.60. The van der Waals surface area contributed by atoms with Crippen LogP contribution in [0.5, 0.6) is 11.5 Å². The second-order valence-corrected chi connectivity index (χ2v) is 5.57. The smallest absolute Gasteiger partial charge is 0.254 e. The lowest BCUT2D eigenvalue weighted by atomic mass is 10.0. The minimum absolute atomic E-state index is 0.00125. The first-order chi connectivity index (χ1) is 11.3. The number of hydrogen-bond donors (Lipinski definition) is 1. The molecule has 6 heteroatoms. The minimum Gasteiger partial charge on any atom is -0.454 e. The summed E-state index contributed by atoms with van der Waals surface area (Å²) in [5, 5.41) is 3.34. The summed E-state index contributed by atoms with van der Waals surface area (Å²) in [6, 6.07) is 9.22. The van der Waals surface area contributed by atoms with Gasteiger partial charge in [0.25, 0.3) is 5.91 Å². The van der Waals surface area contributed by atoms with Crippen molar-refractivity contribution in [2.75, 3.05) is 26.4 Å². The van der Waals surface area contributed by atoms with Crippen LogP contribution in [0.15, 0.2) is 42.7 Å². The molecule has 1 atom stereocenters. The number of pyridine rings is 1. The third kappa shape index (κ3) is 2.61. The summed E-state index contributed by atoms with van der Waals surface area (Å²) in [5.74, 6) is 1.31. The second-order valence-electron chi connectivity index (χ2n) is 5.57. The van der Waals surface area contributed by atoms with Gasteiger partial charge in [-0.2, -0.15) is 0 Å². The molecule has 1 fully saturated rings. The Morgan fingerprint density at radius 1 is 1.26 bits per heavy atom.